The number of nitrogen functional groups attached to an aromatic ring is 1. The van der Waals surface area contributed by atoms with Crippen molar-refractivity contribution in [2.75, 3.05) is 5.43 Å². The Morgan fingerprint density at radius 3 is 2.50 bits per heavy atom. The van der Waals surface area contributed by atoms with Crippen LogP contribution in [0, 0.1) is 6.92 Å². The maximum absolute atomic E-state index is 5.81. The summed E-state index contributed by atoms with van der Waals surface area (Å²) in [6.07, 6.45) is 0. The molecule has 0 saturated carbocycles. The molecule has 6 heteroatoms. The van der Waals surface area contributed by atoms with E-state index >= 15 is 0 Å². The Balaban J connectivity index is 2.51. The van der Waals surface area contributed by atoms with Crippen LogP contribution in [0.3, 0.4) is 0 Å². The van der Waals surface area contributed by atoms with Crippen LogP contribution in [0.5, 0.6) is 0 Å². The van der Waals surface area contributed by atoms with Gasteiger partial charge in [-0.1, -0.05) is 23.7 Å². The van der Waals surface area contributed by atoms with Crippen LogP contribution in [-0.4, -0.2) is 15.2 Å². The maximum Gasteiger partial charge on any atom is 0.170 e. The molecule has 3 N–H and O–H groups in total. The molecule has 0 radical (unpaired) electrons. The van der Waals surface area contributed by atoms with Crippen molar-refractivity contribution in [3.8, 4) is 11.3 Å². The highest BCUT2D eigenvalue weighted by molar-refractivity contribution is 6.30. The normalized spacial score (nSPS) is 10.2. The Hall–Kier alpha value is -1.72. The average Bonchev–Trinajstić information content (AvgIpc) is 2.30. The van der Waals surface area contributed by atoms with Gasteiger partial charge in [-0.2, -0.15) is 0 Å². The number of nitrogens with zero attached hydrogens (tertiary/aromatic N) is 3. The molecule has 0 unspecified atom stereocenters. The van der Waals surface area contributed by atoms with E-state index in [1.165, 1.54) is 0 Å². The molecule has 0 saturated heterocycles. The molecule has 2 rings (SSSR count). The van der Waals surface area contributed by atoms with Crippen molar-refractivity contribution in [3.63, 3.8) is 0 Å². The molecule has 1 aromatic carbocycles. The lowest BCUT2D eigenvalue weighted by atomic mass is 10.1. The third-order valence-electron chi connectivity index (χ3n) is 2.05. The molecule has 5 nitrogen and oxygen atoms in total. The number of hydrogen-bond acceptors (Lipinski definition) is 5. The van der Waals surface area contributed by atoms with E-state index in [-0.39, 0.29) is 0 Å². The second-order valence-corrected chi connectivity index (χ2v) is 3.64. The summed E-state index contributed by atoms with van der Waals surface area (Å²) in [5.41, 5.74) is 3.96. The van der Waals surface area contributed by atoms with E-state index in [1.807, 2.05) is 12.1 Å². The molecule has 0 spiro atoms. The maximum atomic E-state index is 5.81. The molecule has 2 aromatic rings. The second-order valence-electron chi connectivity index (χ2n) is 3.21. The monoisotopic (exact) mass is 235 g/mol. The molecular formula is C10H10ClN5. The van der Waals surface area contributed by atoms with E-state index in [2.05, 4.69) is 20.6 Å². The highest BCUT2D eigenvalue weighted by atomic mass is 35.5. The fourth-order valence-corrected chi connectivity index (χ4v) is 1.44. The van der Waals surface area contributed by atoms with E-state index in [0.29, 0.717) is 22.4 Å². The standard InChI is InChI=1S/C10H10ClN5/c1-6-13-10(14-12)9(16-15-6)7-2-4-8(11)5-3-7/h2-5H,12H2,1H3,(H,13,14,15). The lowest BCUT2D eigenvalue weighted by Gasteiger charge is -2.06. The van der Waals surface area contributed by atoms with Gasteiger partial charge in [0.1, 0.15) is 11.5 Å². The topological polar surface area (TPSA) is 76.7 Å². The fraction of sp³-hybridized carbons (Fsp3) is 0.100. The summed E-state index contributed by atoms with van der Waals surface area (Å²) in [4.78, 5) is 4.15. The van der Waals surface area contributed by atoms with Crippen molar-refractivity contribution < 1.29 is 0 Å². The number of aryl methyl sites for hydroxylation is 1. The first kappa shape index (κ1) is 10.8. The van der Waals surface area contributed by atoms with Gasteiger partial charge in [-0.05, 0) is 19.1 Å². The highest BCUT2D eigenvalue weighted by Crippen LogP contribution is 2.24. The molecule has 16 heavy (non-hydrogen) atoms. The van der Waals surface area contributed by atoms with Crippen molar-refractivity contribution in [2.45, 2.75) is 6.92 Å². The van der Waals surface area contributed by atoms with Crippen LogP contribution in [-0.2, 0) is 0 Å². The molecule has 0 bridgehead atoms. The van der Waals surface area contributed by atoms with E-state index in [4.69, 9.17) is 17.4 Å². The minimum atomic E-state index is 0.495. The molecule has 0 aliphatic carbocycles. The van der Waals surface area contributed by atoms with Crippen LogP contribution in [0.4, 0.5) is 5.82 Å². The Kier molecular flexibility index (Phi) is 2.98. The third kappa shape index (κ3) is 2.10. The van der Waals surface area contributed by atoms with E-state index in [1.54, 1.807) is 19.1 Å². The van der Waals surface area contributed by atoms with Crippen LogP contribution < -0.4 is 11.3 Å². The smallest absolute Gasteiger partial charge is 0.170 e. The van der Waals surface area contributed by atoms with Crippen molar-refractivity contribution in [1.29, 1.82) is 0 Å². The summed E-state index contributed by atoms with van der Waals surface area (Å²) in [5, 5.41) is 8.61. The largest absolute Gasteiger partial charge is 0.307 e. The van der Waals surface area contributed by atoms with Gasteiger partial charge < -0.3 is 5.43 Å². The number of nitrogens with one attached hydrogen (secondary N) is 1. The van der Waals surface area contributed by atoms with Gasteiger partial charge >= 0.3 is 0 Å². The molecule has 0 amide bonds. The summed E-state index contributed by atoms with van der Waals surface area (Å²) in [5.74, 6) is 6.44. The molecule has 0 aliphatic rings. The number of benzene rings is 1. The average molecular weight is 236 g/mol. The minimum absolute atomic E-state index is 0.495. The number of anilines is 1. The van der Waals surface area contributed by atoms with Gasteiger partial charge in [-0.3, -0.25) is 0 Å². The number of hydrogen-bond donors (Lipinski definition) is 2. The molecule has 0 aliphatic heterocycles. The number of halogens is 1. The number of hydrazine groups is 1. The van der Waals surface area contributed by atoms with Crippen LogP contribution >= 0.6 is 11.6 Å². The Morgan fingerprint density at radius 2 is 1.88 bits per heavy atom. The molecule has 82 valence electrons. The predicted octanol–water partition coefficient (Wildman–Crippen LogP) is 1.79. The minimum Gasteiger partial charge on any atom is -0.307 e. The Morgan fingerprint density at radius 1 is 1.19 bits per heavy atom. The zero-order chi connectivity index (χ0) is 11.5. The van der Waals surface area contributed by atoms with E-state index in [0.717, 1.165) is 5.56 Å². The lowest BCUT2D eigenvalue weighted by molar-refractivity contribution is 0.913. The second kappa shape index (κ2) is 4.42. The van der Waals surface area contributed by atoms with Crippen LogP contribution in [0.2, 0.25) is 5.02 Å². The zero-order valence-electron chi connectivity index (χ0n) is 8.61. The first-order chi connectivity index (χ1) is 7.70. The van der Waals surface area contributed by atoms with Gasteiger partial charge in [0.2, 0.25) is 0 Å². The summed E-state index contributed by atoms with van der Waals surface area (Å²) >= 11 is 5.81. The van der Waals surface area contributed by atoms with Gasteiger partial charge in [-0.15, -0.1) is 10.2 Å². The van der Waals surface area contributed by atoms with Crippen molar-refractivity contribution >= 4 is 17.4 Å². The van der Waals surface area contributed by atoms with Gasteiger partial charge in [-0.25, -0.2) is 10.8 Å². The molecule has 1 heterocycles. The van der Waals surface area contributed by atoms with E-state index < -0.39 is 0 Å². The van der Waals surface area contributed by atoms with Gasteiger partial charge in [0, 0.05) is 10.6 Å². The number of aromatic nitrogens is 3. The fourth-order valence-electron chi connectivity index (χ4n) is 1.31. The molecule has 1 aromatic heterocycles. The number of nitrogens with two attached hydrogens (primary N) is 1. The van der Waals surface area contributed by atoms with Gasteiger partial charge in [0.05, 0.1) is 0 Å². The Bertz CT molecular complexity index is 497. The molecule has 0 fully saturated rings. The van der Waals surface area contributed by atoms with Gasteiger partial charge in [0.15, 0.2) is 5.82 Å². The highest BCUT2D eigenvalue weighted by Gasteiger charge is 2.08. The van der Waals surface area contributed by atoms with Crippen LogP contribution in [0.25, 0.3) is 11.3 Å². The van der Waals surface area contributed by atoms with Crippen molar-refractivity contribution in [1.82, 2.24) is 15.2 Å². The zero-order valence-corrected chi connectivity index (χ0v) is 9.36. The van der Waals surface area contributed by atoms with E-state index in [9.17, 15) is 0 Å². The SMILES string of the molecule is Cc1nnc(-c2ccc(Cl)cc2)c(NN)n1. The number of rotatable bonds is 2. The summed E-state index contributed by atoms with van der Waals surface area (Å²) in [6.45, 7) is 1.75. The summed E-state index contributed by atoms with van der Waals surface area (Å²) in [7, 11) is 0. The lowest BCUT2D eigenvalue weighted by Crippen LogP contribution is -2.12. The molecular weight excluding hydrogens is 226 g/mol. The van der Waals surface area contributed by atoms with Crippen molar-refractivity contribution in [2.24, 2.45) is 5.84 Å². The first-order valence-corrected chi connectivity index (χ1v) is 5.02. The Labute approximate surface area is 97.6 Å². The third-order valence-corrected chi connectivity index (χ3v) is 2.30. The van der Waals surface area contributed by atoms with Crippen molar-refractivity contribution in [3.05, 3.63) is 35.1 Å². The summed E-state index contributed by atoms with van der Waals surface area (Å²) in [6, 6.07) is 7.23. The quantitative estimate of drug-likeness (QED) is 0.613. The molecule has 0 atom stereocenters. The van der Waals surface area contributed by atoms with Crippen LogP contribution in [0.1, 0.15) is 5.82 Å². The van der Waals surface area contributed by atoms with Crippen LogP contribution in [0.15, 0.2) is 24.3 Å². The first-order valence-electron chi connectivity index (χ1n) is 4.64. The summed E-state index contributed by atoms with van der Waals surface area (Å²) < 4.78 is 0. The predicted molar refractivity (Wildman–Crippen MR) is 62.8 cm³/mol. The van der Waals surface area contributed by atoms with Gasteiger partial charge in [0.25, 0.3) is 0 Å².